The van der Waals surface area contributed by atoms with Crippen molar-refractivity contribution in [3.8, 4) is 11.5 Å². The molecular formula is C11H15NO4. The number of rotatable bonds is 4. The number of benzene rings is 1. The summed E-state index contributed by atoms with van der Waals surface area (Å²) < 4.78 is 9.44. The molecule has 1 rings (SSSR count). The standard InChI is InChI=1S/C11H15NO4/c1-15-7-3-4-8(10(13)5-7)9(12)6-11(14)16-2/h3-5,9,13H,6,12H2,1-2H3/t9-/m0/s1. The van der Waals surface area contributed by atoms with Gasteiger partial charge in [-0.2, -0.15) is 0 Å². The van der Waals surface area contributed by atoms with Crippen molar-refractivity contribution >= 4 is 5.97 Å². The molecule has 16 heavy (non-hydrogen) atoms. The van der Waals surface area contributed by atoms with E-state index in [2.05, 4.69) is 4.74 Å². The number of hydrogen-bond acceptors (Lipinski definition) is 5. The van der Waals surface area contributed by atoms with Crippen LogP contribution in [0.5, 0.6) is 11.5 Å². The monoisotopic (exact) mass is 225 g/mol. The predicted octanol–water partition coefficient (Wildman–Crippen LogP) is 0.964. The molecule has 0 saturated carbocycles. The van der Waals surface area contributed by atoms with Gasteiger partial charge in [0.2, 0.25) is 0 Å². The van der Waals surface area contributed by atoms with Crippen molar-refractivity contribution in [1.82, 2.24) is 0 Å². The van der Waals surface area contributed by atoms with Gasteiger partial charge in [-0.05, 0) is 6.07 Å². The van der Waals surface area contributed by atoms with E-state index in [4.69, 9.17) is 10.5 Å². The zero-order chi connectivity index (χ0) is 12.1. The number of methoxy groups -OCH3 is 2. The average Bonchev–Trinajstić information content (AvgIpc) is 2.28. The summed E-state index contributed by atoms with van der Waals surface area (Å²) in [5.41, 5.74) is 6.25. The van der Waals surface area contributed by atoms with Gasteiger partial charge in [-0.25, -0.2) is 0 Å². The van der Waals surface area contributed by atoms with E-state index in [1.165, 1.54) is 20.3 Å². The van der Waals surface area contributed by atoms with Crippen LogP contribution in [0.1, 0.15) is 18.0 Å². The van der Waals surface area contributed by atoms with E-state index >= 15 is 0 Å². The molecule has 0 saturated heterocycles. The third-order valence-electron chi connectivity index (χ3n) is 2.25. The van der Waals surface area contributed by atoms with Gasteiger partial charge in [-0.15, -0.1) is 0 Å². The maximum Gasteiger partial charge on any atom is 0.307 e. The highest BCUT2D eigenvalue weighted by atomic mass is 16.5. The first kappa shape index (κ1) is 12.3. The smallest absolute Gasteiger partial charge is 0.307 e. The van der Waals surface area contributed by atoms with E-state index in [0.717, 1.165) is 0 Å². The van der Waals surface area contributed by atoms with Crippen LogP contribution in [0.15, 0.2) is 18.2 Å². The molecule has 1 atom stereocenters. The van der Waals surface area contributed by atoms with E-state index in [9.17, 15) is 9.90 Å². The molecule has 1 aromatic carbocycles. The molecule has 5 heteroatoms. The summed E-state index contributed by atoms with van der Waals surface area (Å²) in [6, 6.07) is 4.17. The van der Waals surface area contributed by atoms with Crippen molar-refractivity contribution in [2.45, 2.75) is 12.5 Å². The number of carbonyl (C=O) groups is 1. The van der Waals surface area contributed by atoms with Gasteiger partial charge < -0.3 is 20.3 Å². The number of nitrogens with two attached hydrogens (primary N) is 1. The first-order valence-electron chi connectivity index (χ1n) is 4.77. The normalized spacial score (nSPS) is 11.9. The molecule has 0 aliphatic heterocycles. The topological polar surface area (TPSA) is 81.8 Å². The first-order chi connectivity index (χ1) is 7.58. The van der Waals surface area contributed by atoms with Crippen LogP contribution < -0.4 is 10.5 Å². The summed E-state index contributed by atoms with van der Waals surface area (Å²) in [6.45, 7) is 0. The van der Waals surface area contributed by atoms with E-state index in [1.807, 2.05) is 0 Å². The Balaban J connectivity index is 2.83. The van der Waals surface area contributed by atoms with E-state index in [0.29, 0.717) is 11.3 Å². The van der Waals surface area contributed by atoms with Gasteiger partial charge in [0, 0.05) is 17.7 Å². The minimum Gasteiger partial charge on any atom is -0.507 e. The molecular weight excluding hydrogens is 210 g/mol. The minimum atomic E-state index is -0.585. The molecule has 0 radical (unpaired) electrons. The van der Waals surface area contributed by atoms with Crippen LogP contribution in [0.25, 0.3) is 0 Å². The number of ether oxygens (including phenoxy) is 2. The molecule has 5 nitrogen and oxygen atoms in total. The highest BCUT2D eigenvalue weighted by Gasteiger charge is 2.15. The fourth-order valence-electron chi connectivity index (χ4n) is 1.34. The maximum absolute atomic E-state index is 11.0. The minimum absolute atomic E-state index is 0.00996. The van der Waals surface area contributed by atoms with Crippen LogP contribution in [0.4, 0.5) is 0 Å². The Morgan fingerprint density at radius 2 is 2.19 bits per heavy atom. The third-order valence-corrected chi connectivity index (χ3v) is 2.25. The SMILES string of the molecule is COC(=O)C[C@H](N)c1ccc(OC)cc1O. The summed E-state index contributed by atoms with van der Waals surface area (Å²) in [7, 11) is 2.80. The van der Waals surface area contributed by atoms with Crippen LogP contribution >= 0.6 is 0 Å². The van der Waals surface area contributed by atoms with Gasteiger partial charge in [0.1, 0.15) is 11.5 Å². The molecule has 0 heterocycles. The molecule has 88 valence electrons. The highest BCUT2D eigenvalue weighted by Crippen LogP contribution is 2.28. The lowest BCUT2D eigenvalue weighted by Crippen LogP contribution is -2.16. The summed E-state index contributed by atoms with van der Waals surface area (Å²) in [5, 5.41) is 9.67. The van der Waals surface area contributed by atoms with Crippen molar-refractivity contribution in [1.29, 1.82) is 0 Å². The number of hydrogen-bond donors (Lipinski definition) is 2. The van der Waals surface area contributed by atoms with Crippen molar-refractivity contribution in [2.75, 3.05) is 14.2 Å². The zero-order valence-corrected chi connectivity index (χ0v) is 9.27. The summed E-state index contributed by atoms with van der Waals surface area (Å²) in [4.78, 5) is 11.0. The summed E-state index contributed by atoms with van der Waals surface area (Å²) in [5.74, 6) is 0.130. The van der Waals surface area contributed by atoms with Gasteiger partial charge in [0.05, 0.1) is 20.6 Å². The summed E-state index contributed by atoms with van der Waals surface area (Å²) in [6.07, 6.45) is 0.0242. The second-order valence-corrected chi connectivity index (χ2v) is 3.31. The Morgan fingerprint density at radius 1 is 1.50 bits per heavy atom. The molecule has 1 aromatic rings. The van der Waals surface area contributed by atoms with Gasteiger partial charge in [-0.1, -0.05) is 6.07 Å². The number of aromatic hydroxyl groups is 1. The fraction of sp³-hybridized carbons (Fsp3) is 0.364. The van der Waals surface area contributed by atoms with Crippen LogP contribution in [-0.2, 0) is 9.53 Å². The second kappa shape index (κ2) is 5.37. The molecule has 0 amide bonds. The van der Waals surface area contributed by atoms with E-state index < -0.39 is 12.0 Å². The zero-order valence-electron chi connectivity index (χ0n) is 9.27. The molecule has 0 spiro atoms. The number of phenols is 1. The molecule has 0 fully saturated rings. The van der Waals surface area contributed by atoms with Crippen molar-refractivity contribution in [3.05, 3.63) is 23.8 Å². The molecule has 0 aliphatic carbocycles. The third kappa shape index (κ3) is 2.87. The van der Waals surface area contributed by atoms with E-state index in [1.54, 1.807) is 12.1 Å². The van der Waals surface area contributed by atoms with Gasteiger partial charge in [0.25, 0.3) is 0 Å². The highest BCUT2D eigenvalue weighted by molar-refractivity contribution is 5.70. The van der Waals surface area contributed by atoms with Crippen LogP contribution in [-0.4, -0.2) is 25.3 Å². The lowest BCUT2D eigenvalue weighted by molar-refractivity contribution is -0.141. The van der Waals surface area contributed by atoms with Gasteiger partial charge in [0.15, 0.2) is 0 Å². The largest absolute Gasteiger partial charge is 0.507 e. The van der Waals surface area contributed by atoms with Crippen LogP contribution in [0.2, 0.25) is 0 Å². The Morgan fingerprint density at radius 3 is 2.69 bits per heavy atom. The number of phenolic OH excluding ortho intramolecular Hbond substituents is 1. The Labute approximate surface area is 93.8 Å². The Bertz CT molecular complexity index is 378. The second-order valence-electron chi connectivity index (χ2n) is 3.31. The fourth-order valence-corrected chi connectivity index (χ4v) is 1.34. The van der Waals surface area contributed by atoms with Crippen LogP contribution in [0, 0.1) is 0 Å². The lowest BCUT2D eigenvalue weighted by atomic mass is 10.0. The van der Waals surface area contributed by atoms with Gasteiger partial charge >= 0.3 is 5.97 Å². The van der Waals surface area contributed by atoms with E-state index in [-0.39, 0.29) is 12.2 Å². The number of esters is 1. The maximum atomic E-state index is 11.0. The quantitative estimate of drug-likeness (QED) is 0.746. The Hall–Kier alpha value is -1.75. The molecule has 0 unspecified atom stereocenters. The molecule has 0 bridgehead atoms. The van der Waals surface area contributed by atoms with Crippen molar-refractivity contribution in [3.63, 3.8) is 0 Å². The molecule has 0 aliphatic rings. The number of carbonyl (C=O) groups excluding carboxylic acids is 1. The van der Waals surface area contributed by atoms with Crippen molar-refractivity contribution in [2.24, 2.45) is 5.73 Å². The van der Waals surface area contributed by atoms with Crippen LogP contribution in [0.3, 0.4) is 0 Å². The average molecular weight is 225 g/mol. The van der Waals surface area contributed by atoms with Gasteiger partial charge in [-0.3, -0.25) is 4.79 Å². The first-order valence-corrected chi connectivity index (χ1v) is 4.77. The predicted molar refractivity (Wildman–Crippen MR) is 58.2 cm³/mol. The Kier molecular flexibility index (Phi) is 4.13. The molecule has 3 N–H and O–H groups in total. The molecule has 0 aromatic heterocycles. The van der Waals surface area contributed by atoms with Crippen molar-refractivity contribution < 1.29 is 19.4 Å². The summed E-state index contributed by atoms with van der Waals surface area (Å²) >= 11 is 0. The lowest BCUT2D eigenvalue weighted by Gasteiger charge is -2.13.